The quantitative estimate of drug-likeness (QED) is 0.594. The van der Waals surface area contributed by atoms with E-state index in [-0.39, 0.29) is 18.1 Å². The third kappa shape index (κ3) is 5.34. The van der Waals surface area contributed by atoms with Crippen LogP contribution in [0, 0.1) is 11.8 Å². The topological polar surface area (TPSA) is 107 Å². The van der Waals surface area contributed by atoms with Gasteiger partial charge in [-0.2, -0.15) is 0 Å². The number of hydrogen-bond acceptors (Lipinski definition) is 5. The third-order valence-corrected chi connectivity index (χ3v) is 4.34. The standard InChI is InChI=1S/C22H17ClN4O3/c1-2-3-17-5-4-14(11-26-17)22(29)27-18-6-7-20(23)16(8-18)13-30-19-9-15(21(24)28)10-25-12-19/h4-12H,13H2,1H3,(H2,24,28)(H,27,29). The molecule has 2 heterocycles. The molecular weight excluding hydrogens is 404 g/mol. The summed E-state index contributed by atoms with van der Waals surface area (Å²) >= 11 is 6.24. The number of primary amides is 1. The Balaban J connectivity index is 1.70. The second-order valence-corrected chi connectivity index (χ2v) is 6.54. The van der Waals surface area contributed by atoms with Gasteiger partial charge in [0.2, 0.25) is 5.91 Å². The van der Waals surface area contributed by atoms with Crippen molar-refractivity contribution in [1.29, 1.82) is 0 Å². The maximum Gasteiger partial charge on any atom is 0.257 e. The summed E-state index contributed by atoms with van der Waals surface area (Å²) in [5.41, 5.74) is 7.67. The van der Waals surface area contributed by atoms with Gasteiger partial charge in [0.05, 0.1) is 17.3 Å². The summed E-state index contributed by atoms with van der Waals surface area (Å²) in [5, 5.41) is 3.27. The lowest BCUT2D eigenvalue weighted by Crippen LogP contribution is -2.13. The van der Waals surface area contributed by atoms with E-state index in [1.54, 1.807) is 37.3 Å². The van der Waals surface area contributed by atoms with Gasteiger partial charge in [-0.25, -0.2) is 4.98 Å². The van der Waals surface area contributed by atoms with E-state index < -0.39 is 5.91 Å². The molecule has 0 aliphatic carbocycles. The number of amides is 2. The molecule has 0 bridgehead atoms. The molecule has 0 unspecified atom stereocenters. The number of carbonyl (C=O) groups is 2. The zero-order valence-electron chi connectivity index (χ0n) is 16.0. The van der Waals surface area contributed by atoms with E-state index in [2.05, 4.69) is 27.1 Å². The van der Waals surface area contributed by atoms with Gasteiger partial charge < -0.3 is 15.8 Å². The lowest BCUT2D eigenvalue weighted by atomic mass is 10.2. The average molecular weight is 421 g/mol. The van der Waals surface area contributed by atoms with E-state index in [4.69, 9.17) is 22.1 Å². The molecule has 2 amide bonds. The van der Waals surface area contributed by atoms with Gasteiger partial charge in [0.1, 0.15) is 18.1 Å². The molecule has 1 aromatic carbocycles. The molecule has 0 saturated carbocycles. The second kappa shape index (κ2) is 9.54. The number of nitrogens with one attached hydrogen (secondary N) is 1. The van der Waals surface area contributed by atoms with E-state index in [1.165, 1.54) is 24.7 Å². The van der Waals surface area contributed by atoms with Gasteiger partial charge in [0.25, 0.3) is 5.91 Å². The summed E-state index contributed by atoms with van der Waals surface area (Å²) in [5.74, 6) is 5.04. The molecule has 7 nitrogen and oxygen atoms in total. The van der Waals surface area contributed by atoms with Crippen LogP contribution >= 0.6 is 11.6 Å². The number of benzene rings is 1. The van der Waals surface area contributed by atoms with Crippen molar-refractivity contribution < 1.29 is 14.3 Å². The summed E-state index contributed by atoms with van der Waals surface area (Å²) in [6.45, 7) is 1.83. The highest BCUT2D eigenvalue weighted by atomic mass is 35.5. The lowest BCUT2D eigenvalue weighted by molar-refractivity contribution is 0.0997. The van der Waals surface area contributed by atoms with Crippen molar-refractivity contribution in [3.05, 3.63) is 82.4 Å². The number of ether oxygens (including phenoxy) is 1. The molecule has 0 saturated heterocycles. The average Bonchev–Trinajstić information content (AvgIpc) is 2.75. The summed E-state index contributed by atoms with van der Waals surface area (Å²) in [7, 11) is 0. The summed E-state index contributed by atoms with van der Waals surface area (Å²) < 4.78 is 5.65. The van der Waals surface area contributed by atoms with E-state index >= 15 is 0 Å². The normalized spacial score (nSPS) is 9.93. The zero-order chi connectivity index (χ0) is 21.5. The van der Waals surface area contributed by atoms with Crippen molar-refractivity contribution in [2.45, 2.75) is 13.5 Å². The molecule has 3 aromatic rings. The zero-order valence-corrected chi connectivity index (χ0v) is 16.7. The largest absolute Gasteiger partial charge is 0.487 e. The number of aromatic nitrogens is 2. The second-order valence-electron chi connectivity index (χ2n) is 6.13. The predicted molar refractivity (Wildman–Crippen MR) is 113 cm³/mol. The van der Waals surface area contributed by atoms with Gasteiger partial charge in [0, 0.05) is 28.7 Å². The molecular formula is C22H17ClN4O3. The van der Waals surface area contributed by atoms with Crippen molar-refractivity contribution in [2.75, 3.05) is 5.32 Å². The highest BCUT2D eigenvalue weighted by Gasteiger charge is 2.10. The number of nitrogens with zero attached hydrogens (tertiary/aromatic N) is 2. The Morgan fingerprint density at radius 1 is 1.13 bits per heavy atom. The van der Waals surface area contributed by atoms with E-state index in [0.29, 0.717) is 33.3 Å². The molecule has 3 N–H and O–H groups in total. The van der Waals surface area contributed by atoms with Crippen molar-refractivity contribution in [3.63, 3.8) is 0 Å². The van der Waals surface area contributed by atoms with Crippen LogP contribution < -0.4 is 15.8 Å². The number of halogens is 1. The fraction of sp³-hybridized carbons (Fsp3) is 0.0909. The van der Waals surface area contributed by atoms with Gasteiger partial charge in [0.15, 0.2) is 0 Å². The fourth-order valence-electron chi connectivity index (χ4n) is 2.49. The fourth-order valence-corrected chi connectivity index (χ4v) is 2.66. The van der Waals surface area contributed by atoms with Gasteiger partial charge in [-0.3, -0.25) is 14.6 Å². The lowest BCUT2D eigenvalue weighted by Gasteiger charge is -2.11. The minimum absolute atomic E-state index is 0.110. The molecule has 0 radical (unpaired) electrons. The van der Waals surface area contributed by atoms with Crippen LogP contribution in [0.5, 0.6) is 5.75 Å². The van der Waals surface area contributed by atoms with Crippen LogP contribution in [0.3, 0.4) is 0 Å². The molecule has 0 spiro atoms. The van der Waals surface area contributed by atoms with Crippen LogP contribution in [0.25, 0.3) is 0 Å². The number of hydrogen-bond donors (Lipinski definition) is 2. The Morgan fingerprint density at radius 2 is 1.97 bits per heavy atom. The van der Waals surface area contributed by atoms with Gasteiger partial charge in [-0.05, 0) is 49.2 Å². The number of rotatable bonds is 6. The first-order chi connectivity index (χ1) is 14.5. The maximum absolute atomic E-state index is 12.5. The van der Waals surface area contributed by atoms with Crippen molar-refractivity contribution in [1.82, 2.24) is 9.97 Å². The van der Waals surface area contributed by atoms with Crippen LogP contribution in [0.1, 0.15) is 38.9 Å². The summed E-state index contributed by atoms with van der Waals surface area (Å²) in [6, 6.07) is 9.88. The predicted octanol–water partition coefficient (Wildman–Crippen LogP) is 3.43. The SMILES string of the molecule is CC#Cc1ccc(C(=O)Nc2ccc(Cl)c(COc3cncc(C(N)=O)c3)c2)cn1. The molecule has 8 heteroatoms. The first kappa shape index (κ1) is 20.8. The Hall–Kier alpha value is -3.89. The van der Waals surface area contributed by atoms with Crippen molar-refractivity contribution in [2.24, 2.45) is 5.73 Å². The summed E-state index contributed by atoms with van der Waals surface area (Å²) in [6.07, 6.45) is 4.29. The summed E-state index contributed by atoms with van der Waals surface area (Å²) in [4.78, 5) is 31.8. The van der Waals surface area contributed by atoms with Crippen LogP contribution in [-0.2, 0) is 6.61 Å². The Morgan fingerprint density at radius 3 is 2.67 bits per heavy atom. The van der Waals surface area contributed by atoms with Crippen molar-refractivity contribution >= 4 is 29.1 Å². The van der Waals surface area contributed by atoms with Crippen LogP contribution in [0.2, 0.25) is 5.02 Å². The highest BCUT2D eigenvalue weighted by Crippen LogP contribution is 2.23. The van der Waals surface area contributed by atoms with Gasteiger partial charge in [-0.1, -0.05) is 17.5 Å². The van der Waals surface area contributed by atoms with E-state index in [9.17, 15) is 9.59 Å². The molecule has 0 aliphatic rings. The first-order valence-electron chi connectivity index (χ1n) is 8.82. The van der Waals surface area contributed by atoms with Gasteiger partial charge >= 0.3 is 0 Å². The van der Waals surface area contributed by atoms with Crippen LogP contribution in [0.4, 0.5) is 5.69 Å². The molecule has 0 fully saturated rings. The smallest absolute Gasteiger partial charge is 0.257 e. The highest BCUT2D eigenvalue weighted by molar-refractivity contribution is 6.31. The molecule has 0 atom stereocenters. The van der Waals surface area contributed by atoms with E-state index in [1.807, 2.05) is 0 Å². The minimum atomic E-state index is -0.597. The van der Waals surface area contributed by atoms with E-state index in [0.717, 1.165) is 0 Å². The Kier molecular flexibility index (Phi) is 6.63. The molecule has 3 rings (SSSR count). The number of carbonyl (C=O) groups excluding carboxylic acids is 2. The maximum atomic E-state index is 12.5. The molecule has 150 valence electrons. The first-order valence-corrected chi connectivity index (χ1v) is 9.20. The Bertz CT molecular complexity index is 1150. The van der Waals surface area contributed by atoms with Gasteiger partial charge in [-0.15, -0.1) is 0 Å². The number of pyridine rings is 2. The van der Waals surface area contributed by atoms with Crippen molar-refractivity contribution in [3.8, 4) is 17.6 Å². The monoisotopic (exact) mass is 420 g/mol. The van der Waals surface area contributed by atoms with Crippen LogP contribution in [0.15, 0.2) is 55.0 Å². The number of nitrogens with two attached hydrogens (primary N) is 1. The number of anilines is 1. The molecule has 30 heavy (non-hydrogen) atoms. The third-order valence-electron chi connectivity index (χ3n) is 3.97. The Labute approximate surface area is 178 Å². The van der Waals surface area contributed by atoms with Crippen LogP contribution in [-0.4, -0.2) is 21.8 Å². The molecule has 2 aromatic heterocycles. The molecule has 0 aliphatic heterocycles. The minimum Gasteiger partial charge on any atom is -0.487 e.